The van der Waals surface area contributed by atoms with Gasteiger partial charge < -0.3 is 14.8 Å². The van der Waals surface area contributed by atoms with E-state index in [2.05, 4.69) is 20.8 Å². The van der Waals surface area contributed by atoms with Crippen LogP contribution in [-0.2, 0) is 20.7 Å². The minimum atomic E-state index is -0.628. The standard InChI is InChI=1S/C15H19N5O3/c1-3-13-17-18-19-20(13)12-7-5-4-6-11(12)16-15(21)14-10(2)22-8-9-23-14/h4-7,10,14H,3,8-9H2,1-2H3,(H,16,21)/t10-,14-/m1/s1. The highest BCUT2D eigenvalue weighted by Gasteiger charge is 2.30. The Balaban J connectivity index is 1.85. The van der Waals surface area contributed by atoms with Gasteiger partial charge in [0, 0.05) is 6.42 Å². The number of tetrazole rings is 1. The molecular formula is C15H19N5O3. The molecule has 122 valence electrons. The maximum atomic E-state index is 12.5. The molecule has 2 atom stereocenters. The molecule has 1 aromatic heterocycles. The Bertz CT molecular complexity index is 687. The largest absolute Gasteiger partial charge is 0.373 e. The van der Waals surface area contributed by atoms with Crippen LogP contribution < -0.4 is 5.32 Å². The second-order valence-electron chi connectivity index (χ2n) is 5.23. The number of aryl methyl sites for hydroxylation is 1. The van der Waals surface area contributed by atoms with Crippen molar-refractivity contribution in [3.05, 3.63) is 30.1 Å². The predicted octanol–water partition coefficient (Wildman–Crippen LogP) is 0.967. The molecule has 1 aliphatic rings. The third-order valence-electron chi connectivity index (χ3n) is 3.69. The van der Waals surface area contributed by atoms with E-state index < -0.39 is 6.10 Å². The van der Waals surface area contributed by atoms with Crippen LogP contribution in [0.3, 0.4) is 0 Å². The summed E-state index contributed by atoms with van der Waals surface area (Å²) in [5, 5.41) is 14.6. The summed E-state index contributed by atoms with van der Waals surface area (Å²) in [7, 11) is 0. The molecule has 2 aromatic rings. The third-order valence-corrected chi connectivity index (χ3v) is 3.69. The zero-order chi connectivity index (χ0) is 16.2. The van der Waals surface area contributed by atoms with Gasteiger partial charge in [0.15, 0.2) is 11.9 Å². The van der Waals surface area contributed by atoms with Crippen LogP contribution in [0.1, 0.15) is 19.7 Å². The zero-order valence-electron chi connectivity index (χ0n) is 13.1. The summed E-state index contributed by atoms with van der Waals surface area (Å²) < 4.78 is 12.6. The second kappa shape index (κ2) is 6.84. The van der Waals surface area contributed by atoms with Crippen molar-refractivity contribution in [2.45, 2.75) is 32.5 Å². The van der Waals surface area contributed by atoms with Crippen LogP contribution >= 0.6 is 0 Å². The van der Waals surface area contributed by atoms with Crippen LogP contribution in [0.25, 0.3) is 5.69 Å². The minimum absolute atomic E-state index is 0.240. The molecule has 2 heterocycles. The molecular weight excluding hydrogens is 298 g/mol. The van der Waals surface area contributed by atoms with Crippen LogP contribution in [-0.4, -0.2) is 51.5 Å². The first-order chi connectivity index (χ1) is 11.2. The van der Waals surface area contributed by atoms with Crippen molar-refractivity contribution in [2.75, 3.05) is 18.5 Å². The Kier molecular flexibility index (Phi) is 4.63. The van der Waals surface area contributed by atoms with Gasteiger partial charge in [0.2, 0.25) is 0 Å². The van der Waals surface area contributed by atoms with Gasteiger partial charge in [-0.05, 0) is 29.5 Å². The van der Waals surface area contributed by atoms with Crippen LogP contribution in [0, 0.1) is 0 Å². The number of rotatable bonds is 4. The number of aromatic nitrogens is 4. The molecule has 1 amide bonds. The van der Waals surface area contributed by atoms with Crippen molar-refractivity contribution in [1.82, 2.24) is 20.2 Å². The molecule has 0 spiro atoms. The summed E-state index contributed by atoms with van der Waals surface area (Å²) in [6, 6.07) is 7.38. The Hall–Kier alpha value is -2.32. The van der Waals surface area contributed by atoms with Gasteiger partial charge in [0.1, 0.15) is 0 Å². The van der Waals surface area contributed by atoms with Gasteiger partial charge in [-0.15, -0.1) is 5.10 Å². The topological polar surface area (TPSA) is 91.2 Å². The van der Waals surface area contributed by atoms with Gasteiger partial charge in [0.25, 0.3) is 5.91 Å². The predicted molar refractivity (Wildman–Crippen MR) is 82.3 cm³/mol. The zero-order valence-corrected chi connectivity index (χ0v) is 13.1. The number of anilines is 1. The van der Waals surface area contributed by atoms with E-state index in [0.29, 0.717) is 31.0 Å². The number of carbonyl (C=O) groups is 1. The Morgan fingerprint density at radius 2 is 2.13 bits per heavy atom. The van der Waals surface area contributed by atoms with Gasteiger partial charge >= 0.3 is 0 Å². The molecule has 0 aliphatic carbocycles. The van der Waals surface area contributed by atoms with E-state index in [1.54, 1.807) is 4.68 Å². The molecule has 0 unspecified atom stereocenters. The van der Waals surface area contributed by atoms with Gasteiger partial charge in [0.05, 0.1) is 30.7 Å². The van der Waals surface area contributed by atoms with Crippen molar-refractivity contribution in [3.63, 3.8) is 0 Å². The number of ether oxygens (including phenoxy) is 2. The number of carbonyl (C=O) groups excluding carboxylic acids is 1. The first kappa shape index (κ1) is 15.6. The number of benzene rings is 1. The number of para-hydroxylation sites is 2. The molecule has 23 heavy (non-hydrogen) atoms. The van der Waals surface area contributed by atoms with Gasteiger partial charge in [-0.2, -0.15) is 4.68 Å². The van der Waals surface area contributed by atoms with Gasteiger partial charge in [-0.3, -0.25) is 4.79 Å². The van der Waals surface area contributed by atoms with Gasteiger partial charge in [-0.25, -0.2) is 0 Å². The van der Waals surface area contributed by atoms with E-state index in [4.69, 9.17) is 9.47 Å². The van der Waals surface area contributed by atoms with Crippen molar-refractivity contribution in [1.29, 1.82) is 0 Å². The maximum Gasteiger partial charge on any atom is 0.256 e. The highest BCUT2D eigenvalue weighted by Crippen LogP contribution is 2.21. The third kappa shape index (κ3) is 3.22. The lowest BCUT2D eigenvalue weighted by atomic mass is 10.2. The van der Waals surface area contributed by atoms with E-state index in [0.717, 1.165) is 5.82 Å². The average molecular weight is 317 g/mol. The van der Waals surface area contributed by atoms with E-state index >= 15 is 0 Å². The summed E-state index contributed by atoms with van der Waals surface area (Å²) in [6.07, 6.45) is -0.224. The fourth-order valence-electron chi connectivity index (χ4n) is 2.50. The molecule has 1 aliphatic heterocycles. The van der Waals surface area contributed by atoms with Crippen LogP contribution in [0.15, 0.2) is 24.3 Å². The van der Waals surface area contributed by atoms with E-state index in [1.807, 2.05) is 38.1 Å². The molecule has 1 saturated heterocycles. The fourth-order valence-corrected chi connectivity index (χ4v) is 2.50. The van der Waals surface area contributed by atoms with Crippen LogP contribution in [0.4, 0.5) is 5.69 Å². The first-order valence-corrected chi connectivity index (χ1v) is 7.61. The summed E-state index contributed by atoms with van der Waals surface area (Å²) in [4.78, 5) is 12.5. The summed E-state index contributed by atoms with van der Waals surface area (Å²) in [5.41, 5.74) is 1.34. The summed E-state index contributed by atoms with van der Waals surface area (Å²) in [5.74, 6) is 0.480. The molecule has 0 bridgehead atoms. The van der Waals surface area contributed by atoms with Gasteiger partial charge in [-0.1, -0.05) is 19.1 Å². The van der Waals surface area contributed by atoms with Crippen molar-refractivity contribution >= 4 is 11.6 Å². The summed E-state index contributed by atoms with van der Waals surface area (Å²) in [6.45, 7) is 4.72. The Morgan fingerprint density at radius 1 is 1.35 bits per heavy atom. The lowest BCUT2D eigenvalue weighted by Crippen LogP contribution is -2.44. The summed E-state index contributed by atoms with van der Waals surface area (Å²) >= 11 is 0. The normalized spacial score (nSPS) is 21.1. The number of nitrogens with zero attached hydrogens (tertiary/aromatic N) is 4. The minimum Gasteiger partial charge on any atom is -0.373 e. The molecule has 0 radical (unpaired) electrons. The monoisotopic (exact) mass is 317 g/mol. The SMILES string of the molecule is CCc1nnnn1-c1ccccc1NC(=O)[C@@H]1OCCO[C@@H]1C. The highest BCUT2D eigenvalue weighted by atomic mass is 16.6. The van der Waals surface area contributed by atoms with Crippen LogP contribution in [0.5, 0.6) is 0 Å². The first-order valence-electron chi connectivity index (χ1n) is 7.61. The maximum absolute atomic E-state index is 12.5. The molecule has 1 N–H and O–H groups in total. The Labute approximate surface area is 133 Å². The quantitative estimate of drug-likeness (QED) is 0.903. The van der Waals surface area contributed by atoms with E-state index in [9.17, 15) is 4.79 Å². The molecule has 8 heteroatoms. The lowest BCUT2D eigenvalue weighted by molar-refractivity contribution is -0.157. The molecule has 1 fully saturated rings. The molecule has 8 nitrogen and oxygen atoms in total. The molecule has 0 saturated carbocycles. The van der Waals surface area contributed by atoms with Crippen molar-refractivity contribution in [2.24, 2.45) is 0 Å². The number of amides is 1. The average Bonchev–Trinajstić information content (AvgIpc) is 3.04. The highest BCUT2D eigenvalue weighted by molar-refractivity contribution is 5.96. The van der Waals surface area contributed by atoms with E-state index in [-0.39, 0.29) is 12.0 Å². The fraction of sp³-hybridized carbons (Fsp3) is 0.467. The number of hydrogen-bond donors (Lipinski definition) is 1. The molecule has 3 rings (SSSR count). The smallest absolute Gasteiger partial charge is 0.256 e. The van der Waals surface area contributed by atoms with Crippen molar-refractivity contribution in [3.8, 4) is 5.69 Å². The van der Waals surface area contributed by atoms with E-state index in [1.165, 1.54) is 0 Å². The second-order valence-corrected chi connectivity index (χ2v) is 5.23. The number of hydrogen-bond acceptors (Lipinski definition) is 6. The Morgan fingerprint density at radius 3 is 2.91 bits per heavy atom. The van der Waals surface area contributed by atoms with Crippen molar-refractivity contribution < 1.29 is 14.3 Å². The number of nitrogens with one attached hydrogen (secondary N) is 1. The van der Waals surface area contributed by atoms with Crippen LogP contribution in [0.2, 0.25) is 0 Å². The molecule has 1 aromatic carbocycles. The lowest BCUT2D eigenvalue weighted by Gasteiger charge is -2.28.